The number of carbonyl (C=O) groups is 1. The van der Waals surface area contributed by atoms with Crippen molar-refractivity contribution in [1.29, 1.82) is 0 Å². The lowest BCUT2D eigenvalue weighted by molar-refractivity contribution is -0.229. The van der Waals surface area contributed by atoms with Gasteiger partial charge in [-0.3, -0.25) is 4.79 Å². The predicted octanol–water partition coefficient (Wildman–Crippen LogP) is 3.39. The monoisotopic (exact) mass is 290 g/mol. The molecule has 0 atom stereocenters. The fourth-order valence-corrected chi connectivity index (χ4v) is 2.16. The standard InChI is InChI=1S/C17H22O4/c1-2-3-4-8-11-16(18)21-15-12-19-17(20-13-15)14-9-6-5-7-10-14/h2,5-7,9-10,15,17H,1,3-4,8,11-13H2. The third kappa shape index (κ3) is 5.33. The molecule has 2 rings (SSSR count). The van der Waals surface area contributed by atoms with Crippen LogP contribution in [0.1, 0.15) is 37.5 Å². The summed E-state index contributed by atoms with van der Waals surface area (Å²) < 4.78 is 16.6. The predicted molar refractivity (Wildman–Crippen MR) is 79.6 cm³/mol. The topological polar surface area (TPSA) is 44.8 Å². The number of esters is 1. The van der Waals surface area contributed by atoms with Gasteiger partial charge in [-0.1, -0.05) is 36.4 Å². The van der Waals surface area contributed by atoms with Gasteiger partial charge in [0.2, 0.25) is 0 Å². The number of hydrogen-bond acceptors (Lipinski definition) is 4. The van der Waals surface area contributed by atoms with E-state index in [1.54, 1.807) is 0 Å². The second-order valence-corrected chi connectivity index (χ2v) is 5.06. The van der Waals surface area contributed by atoms with E-state index in [-0.39, 0.29) is 18.4 Å². The van der Waals surface area contributed by atoms with Crippen molar-refractivity contribution in [3.63, 3.8) is 0 Å². The fourth-order valence-electron chi connectivity index (χ4n) is 2.16. The maximum absolute atomic E-state index is 11.7. The molecule has 4 heteroatoms. The summed E-state index contributed by atoms with van der Waals surface area (Å²) in [5.41, 5.74) is 0.978. The quantitative estimate of drug-likeness (QED) is 0.438. The van der Waals surface area contributed by atoms with Crippen LogP contribution in [0.4, 0.5) is 0 Å². The van der Waals surface area contributed by atoms with Gasteiger partial charge in [0, 0.05) is 12.0 Å². The minimum Gasteiger partial charge on any atom is -0.457 e. The summed E-state index contributed by atoms with van der Waals surface area (Å²) in [7, 11) is 0. The van der Waals surface area contributed by atoms with Gasteiger partial charge in [-0.15, -0.1) is 6.58 Å². The van der Waals surface area contributed by atoms with E-state index in [9.17, 15) is 4.79 Å². The van der Waals surface area contributed by atoms with Crippen LogP contribution in [0.3, 0.4) is 0 Å². The largest absolute Gasteiger partial charge is 0.457 e. The first kappa shape index (κ1) is 15.7. The van der Waals surface area contributed by atoms with Crippen molar-refractivity contribution >= 4 is 5.97 Å². The lowest BCUT2D eigenvalue weighted by atomic mass is 10.2. The molecular formula is C17H22O4. The van der Waals surface area contributed by atoms with E-state index < -0.39 is 0 Å². The Balaban J connectivity index is 1.67. The Morgan fingerprint density at radius 1 is 1.24 bits per heavy atom. The summed E-state index contributed by atoms with van der Waals surface area (Å²) in [6.07, 6.45) is 4.34. The molecule has 1 aromatic carbocycles. The molecule has 0 amide bonds. The van der Waals surface area contributed by atoms with Gasteiger partial charge in [-0.2, -0.15) is 0 Å². The van der Waals surface area contributed by atoms with E-state index in [0.29, 0.717) is 19.6 Å². The molecule has 0 aliphatic carbocycles. The van der Waals surface area contributed by atoms with Crippen molar-refractivity contribution < 1.29 is 19.0 Å². The van der Waals surface area contributed by atoms with Crippen molar-refractivity contribution in [2.45, 2.75) is 38.1 Å². The molecule has 0 saturated carbocycles. The molecule has 1 aromatic rings. The first-order valence-electron chi connectivity index (χ1n) is 7.38. The van der Waals surface area contributed by atoms with E-state index in [1.165, 1.54) is 0 Å². The van der Waals surface area contributed by atoms with Crippen molar-refractivity contribution in [2.24, 2.45) is 0 Å². The lowest BCUT2D eigenvalue weighted by Crippen LogP contribution is -2.35. The Morgan fingerprint density at radius 2 is 1.95 bits per heavy atom. The van der Waals surface area contributed by atoms with E-state index in [0.717, 1.165) is 24.8 Å². The van der Waals surface area contributed by atoms with Crippen LogP contribution in [-0.2, 0) is 19.0 Å². The first-order valence-corrected chi connectivity index (χ1v) is 7.38. The minimum atomic E-state index is -0.367. The van der Waals surface area contributed by atoms with Crippen LogP contribution in [0.5, 0.6) is 0 Å². The van der Waals surface area contributed by atoms with Crippen LogP contribution in [-0.4, -0.2) is 25.3 Å². The molecule has 1 aliphatic rings. The van der Waals surface area contributed by atoms with Gasteiger partial charge in [0.05, 0.1) is 13.2 Å². The van der Waals surface area contributed by atoms with Crippen LogP contribution in [0.25, 0.3) is 0 Å². The fraction of sp³-hybridized carbons (Fsp3) is 0.471. The minimum absolute atomic E-state index is 0.186. The molecule has 1 saturated heterocycles. The van der Waals surface area contributed by atoms with E-state index in [4.69, 9.17) is 14.2 Å². The SMILES string of the molecule is C=CCCCCC(=O)OC1COC(c2ccccc2)OC1. The molecule has 1 fully saturated rings. The second-order valence-electron chi connectivity index (χ2n) is 5.06. The zero-order valence-corrected chi connectivity index (χ0v) is 12.2. The summed E-state index contributed by atoms with van der Waals surface area (Å²) in [4.78, 5) is 11.7. The van der Waals surface area contributed by atoms with E-state index in [1.807, 2.05) is 36.4 Å². The number of ether oxygens (including phenoxy) is 3. The summed E-state index contributed by atoms with van der Waals surface area (Å²) in [5.74, 6) is -0.186. The van der Waals surface area contributed by atoms with Crippen LogP contribution in [0.15, 0.2) is 43.0 Å². The molecule has 4 nitrogen and oxygen atoms in total. The third-order valence-electron chi connectivity index (χ3n) is 3.28. The lowest BCUT2D eigenvalue weighted by Gasteiger charge is -2.29. The van der Waals surface area contributed by atoms with Crippen molar-refractivity contribution in [3.8, 4) is 0 Å². The van der Waals surface area contributed by atoms with Gasteiger partial charge in [0.15, 0.2) is 6.29 Å². The number of benzene rings is 1. The maximum Gasteiger partial charge on any atom is 0.306 e. The number of unbranched alkanes of at least 4 members (excludes halogenated alkanes) is 2. The van der Waals surface area contributed by atoms with E-state index >= 15 is 0 Å². The third-order valence-corrected chi connectivity index (χ3v) is 3.28. The van der Waals surface area contributed by atoms with Crippen molar-refractivity contribution in [3.05, 3.63) is 48.6 Å². The maximum atomic E-state index is 11.7. The van der Waals surface area contributed by atoms with Crippen molar-refractivity contribution in [2.75, 3.05) is 13.2 Å². The summed E-state index contributed by atoms with van der Waals surface area (Å²) in [6.45, 7) is 4.40. The number of carbonyl (C=O) groups excluding carboxylic acids is 1. The summed E-state index contributed by atoms with van der Waals surface area (Å²) in [6, 6.07) is 9.74. The Bertz CT molecular complexity index is 435. The Hall–Kier alpha value is -1.65. The highest BCUT2D eigenvalue weighted by Gasteiger charge is 2.25. The molecule has 1 heterocycles. The van der Waals surface area contributed by atoms with Gasteiger partial charge in [0.1, 0.15) is 6.10 Å². The van der Waals surface area contributed by atoms with Gasteiger partial charge in [-0.05, 0) is 19.3 Å². The van der Waals surface area contributed by atoms with Crippen LogP contribution < -0.4 is 0 Å². The molecular weight excluding hydrogens is 268 g/mol. The summed E-state index contributed by atoms with van der Waals surface area (Å²) in [5, 5.41) is 0. The zero-order valence-electron chi connectivity index (χ0n) is 12.2. The molecule has 0 bridgehead atoms. The highest BCUT2D eigenvalue weighted by molar-refractivity contribution is 5.69. The highest BCUT2D eigenvalue weighted by Crippen LogP contribution is 2.23. The zero-order chi connectivity index (χ0) is 14.9. The molecule has 21 heavy (non-hydrogen) atoms. The van der Waals surface area contributed by atoms with Crippen LogP contribution in [0.2, 0.25) is 0 Å². The van der Waals surface area contributed by atoms with Gasteiger partial charge < -0.3 is 14.2 Å². The second kappa shape index (κ2) is 8.60. The highest BCUT2D eigenvalue weighted by atomic mass is 16.7. The van der Waals surface area contributed by atoms with Gasteiger partial charge in [-0.25, -0.2) is 0 Å². The van der Waals surface area contributed by atoms with Crippen LogP contribution >= 0.6 is 0 Å². The molecule has 0 unspecified atom stereocenters. The van der Waals surface area contributed by atoms with Crippen molar-refractivity contribution in [1.82, 2.24) is 0 Å². The van der Waals surface area contributed by atoms with Crippen LogP contribution in [0, 0.1) is 0 Å². The molecule has 0 spiro atoms. The molecule has 0 aromatic heterocycles. The Labute approximate surface area is 125 Å². The average molecular weight is 290 g/mol. The molecule has 1 aliphatic heterocycles. The number of allylic oxidation sites excluding steroid dienone is 1. The van der Waals surface area contributed by atoms with Gasteiger partial charge >= 0.3 is 5.97 Å². The smallest absolute Gasteiger partial charge is 0.306 e. The molecule has 0 N–H and O–H groups in total. The first-order chi connectivity index (χ1) is 10.3. The molecule has 0 radical (unpaired) electrons. The number of hydrogen-bond donors (Lipinski definition) is 0. The Morgan fingerprint density at radius 3 is 2.62 bits per heavy atom. The van der Waals surface area contributed by atoms with E-state index in [2.05, 4.69) is 6.58 Å². The average Bonchev–Trinajstić information content (AvgIpc) is 2.53. The molecule has 114 valence electrons. The summed E-state index contributed by atoms with van der Waals surface area (Å²) >= 11 is 0. The Kier molecular flexibility index (Phi) is 6.44. The van der Waals surface area contributed by atoms with Gasteiger partial charge in [0.25, 0.3) is 0 Å². The normalized spacial score (nSPS) is 21.7. The number of rotatable bonds is 7.